The molecule has 152 valence electrons. The highest BCUT2D eigenvalue weighted by molar-refractivity contribution is 9.10. The lowest BCUT2D eigenvalue weighted by Crippen LogP contribution is -2.30. The zero-order chi connectivity index (χ0) is 21.6. The van der Waals surface area contributed by atoms with E-state index in [1.165, 1.54) is 0 Å². The van der Waals surface area contributed by atoms with Crippen molar-refractivity contribution in [2.45, 2.75) is 0 Å². The summed E-state index contributed by atoms with van der Waals surface area (Å²) in [6.45, 7) is 0. The lowest BCUT2D eigenvalue weighted by molar-refractivity contribution is -0.113. The molecule has 4 nitrogen and oxygen atoms in total. The van der Waals surface area contributed by atoms with Crippen LogP contribution >= 0.6 is 15.9 Å². The summed E-state index contributed by atoms with van der Waals surface area (Å²) in [6, 6.07) is 29.8. The van der Waals surface area contributed by atoms with E-state index in [1.54, 1.807) is 30.3 Å². The first kappa shape index (κ1) is 20.6. The monoisotopic (exact) mass is 470 g/mol. The first-order chi connectivity index (χ1) is 15.1. The van der Waals surface area contributed by atoms with E-state index in [0.29, 0.717) is 11.3 Å². The Balaban J connectivity index is 1.67. The zero-order valence-electron chi connectivity index (χ0n) is 16.5. The number of anilines is 1. The number of hydrogen-bond acceptors (Lipinski definition) is 2. The molecule has 2 N–H and O–H groups in total. The van der Waals surface area contributed by atoms with Crippen LogP contribution in [0.5, 0.6) is 0 Å². The Morgan fingerprint density at radius 1 is 0.774 bits per heavy atom. The van der Waals surface area contributed by atoms with Crippen LogP contribution in [0.15, 0.2) is 107 Å². The first-order valence-corrected chi connectivity index (χ1v) is 10.5. The van der Waals surface area contributed by atoms with E-state index < -0.39 is 5.91 Å². The van der Waals surface area contributed by atoms with E-state index in [2.05, 4.69) is 26.6 Å². The SMILES string of the molecule is O=C(Nc1cccc2ccccc12)C(=Cc1cccc(Br)c1)NC(=O)c1ccccc1. The maximum atomic E-state index is 13.2. The fourth-order valence-corrected chi connectivity index (χ4v) is 3.65. The van der Waals surface area contributed by atoms with Gasteiger partial charge in [0.1, 0.15) is 5.70 Å². The third kappa shape index (κ3) is 5.08. The summed E-state index contributed by atoms with van der Waals surface area (Å²) in [5, 5.41) is 7.65. The van der Waals surface area contributed by atoms with Gasteiger partial charge in [0.25, 0.3) is 11.8 Å². The molecular formula is C26H19BrN2O2. The minimum Gasteiger partial charge on any atom is -0.320 e. The second-order valence-corrected chi connectivity index (χ2v) is 7.83. The van der Waals surface area contributed by atoms with Crippen LogP contribution in [0.2, 0.25) is 0 Å². The number of nitrogens with one attached hydrogen (secondary N) is 2. The van der Waals surface area contributed by atoms with Gasteiger partial charge in [-0.15, -0.1) is 0 Å². The van der Waals surface area contributed by atoms with Gasteiger partial charge in [0.2, 0.25) is 0 Å². The van der Waals surface area contributed by atoms with Crippen LogP contribution in [0.3, 0.4) is 0 Å². The van der Waals surface area contributed by atoms with Crippen molar-refractivity contribution in [2.24, 2.45) is 0 Å². The average Bonchev–Trinajstić information content (AvgIpc) is 2.79. The Morgan fingerprint density at radius 3 is 2.29 bits per heavy atom. The highest BCUT2D eigenvalue weighted by atomic mass is 79.9. The molecule has 0 heterocycles. The van der Waals surface area contributed by atoms with Gasteiger partial charge in [-0.25, -0.2) is 0 Å². The molecule has 0 aromatic heterocycles. The molecule has 0 fully saturated rings. The van der Waals surface area contributed by atoms with E-state index in [9.17, 15) is 9.59 Å². The summed E-state index contributed by atoms with van der Waals surface area (Å²) in [4.78, 5) is 25.9. The fourth-order valence-electron chi connectivity index (χ4n) is 3.23. The van der Waals surface area contributed by atoms with Crippen LogP contribution in [-0.4, -0.2) is 11.8 Å². The van der Waals surface area contributed by atoms with Gasteiger partial charge in [-0.3, -0.25) is 9.59 Å². The second-order valence-electron chi connectivity index (χ2n) is 6.91. The van der Waals surface area contributed by atoms with Crippen molar-refractivity contribution in [3.8, 4) is 0 Å². The van der Waals surface area contributed by atoms with Crippen LogP contribution in [0, 0.1) is 0 Å². The Morgan fingerprint density at radius 2 is 1.48 bits per heavy atom. The third-order valence-corrected chi connectivity index (χ3v) is 5.22. The molecule has 4 aromatic rings. The highest BCUT2D eigenvalue weighted by Crippen LogP contribution is 2.23. The number of rotatable bonds is 5. The third-order valence-electron chi connectivity index (χ3n) is 4.73. The second kappa shape index (κ2) is 9.41. The molecule has 0 bridgehead atoms. The van der Waals surface area contributed by atoms with Crippen LogP contribution in [0.1, 0.15) is 15.9 Å². The quantitative estimate of drug-likeness (QED) is 0.350. The summed E-state index contributed by atoms with van der Waals surface area (Å²) in [7, 11) is 0. The smallest absolute Gasteiger partial charge is 0.272 e. The molecule has 0 radical (unpaired) electrons. The number of amides is 2. The van der Waals surface area contributed by atoms with Crippen LogP contribution in [0.25, 0.3) is 16.8 Å². The molecule has 0 unspecified atom stereocenters. The van der Waals surface area contributed by atoms with Gasteiger partial charge < -0.3 is 10.6 Å². The summed E-state index contributed by atoms with van der Waals surface area (Å²) < 4.78 is 0.879. The molecule has 0 aliphatic carbocycles. The molecule has 2 amide bonds. The lowest BCUT2D eigenvalue weighted by Gasteiger charge is -2.13. The fraction of sp³-hybridized carbons (Fsp3) is 0. The first-order valence-electron chi connectivity index (χ1n) is 9.73. The maximum absolute atomic E-state index is 13.2. The predicted molar refractivity (Wildman–Crippen MR) is 129 cm³/mol. The Labute approximate surface area is 188 Å². The summed E-state index contributed by atoms with van der Waals surface area (Å²) in [6.07, 6.45) is 1.66. The van der Waals surface area contributed by atoms with Crippen LogP contribution < -0.4 is 10.6 Å². The zero-order valence-corrected chi connectivity index (χ0v) is 18.1. The summed E-state index contributed by atoms with van der Waals surface area (Å²) >= 11 is 3.44. The Kier molecular flexibility index (Phi) is 6.24. The number of hydrogen-bond donors (Lipinski definition) is 2. The van der Waals surface area contributed by atoms with Crippen molar-refractivity contribution < 1.29 is 9.59 Å². The molecule has 4 rings (SSSR count). The highest BCUT2D eigenvalue weighted by Gasteiger charge is 2.16. The topological polar surface area (TPSA) is 58.2 Å². The number of carbonyl (C=O) groups is 2. The molecule has 4 aromatic carbocycles. The molecule has 0 spiro atoms. The van der Waals surface area contributed by atoms with E-state index in [-0.39, 0.29) is 11.6 Å². The van der Waals surface area contributed by atoms with Crippen molar-refractivity contribution in [3.05, 3.63) is 118 Å². The van der Waals surface area contributed by atoms with E-state index in [4.69, 9.17) is 0 Å². The number of fused-ring (bicyclic) bond motifs is 1. The summed E-state index contributed by atoms with van der Waals surface area (Å²) in [5.74, 6) is -0.754. The maximum Gasteiger partial charge on any atom is 0.272 e. The van der Waals surface area contributed by atoms with E-state index >= 15 is 0 Å². The van der Waals surface area contributed by atoms with Crippen molar-refractivity contribution in [3.63, 3.8) is 0 Å². The van der Waals surface area contributed by atoms with Crippen LogP contribution in [0.4, 0.5) is 5.69 Å². The molecular weight excluding hydrogens is 452 g/mol. The van der Waals surface area contributed by atoms with Gasteiger partial charge in [-0.1, -0.05) is 82.7 Å². The van der Waals surface area contributed by atoms with Crippen LogP contribution in [-0.2, 0) is 4.79 Å². The molecule has 0 saturated carbocycles. The van der Waals surface area contributed by atoms with E-state index in [1.807, 2.05) is 72.8 Å². The largest absolute Gasteiger partial charge is 0.320 e. The van der Waals surface area contributed by atoms with Crippen molar-refractivity contribution in [1.29, 1.82) is 0 Å². The average molecular weight is 471 g/mol. The van der Waals surface area contributed by atoms with Gasteiger partial charge >= 0.3 is 0 Å². The van der Waals surface area contributed by atoms with Crippen molar-refractivity contribution >= 4 is 50.3 Å². The minimum atomic E-state index is -0.402. The molecule has 0 atom stereocenters. The van der Waals surface area contributed by atoms with Gasteiger partial charge in [0, 0.05) is 21.1 Å². The Bertz CT molecular complexity index is 1280. The number of benzene rings is 4. The van der Waals surface area contributed by atoms with Gasteiger partial charge in [-0.2, -0.15) is 0 Å². The number of carbonyl (C=O) groups excluding carboxylic acids is 2. The Hall–Kier alpha value is -3.70. The molecule has 31 heavy (non-hydrogen) atoms. The number of halogens is 1. The molecule has 0 saturated heterocycles. The van der Waals surface area contributed by atoms with Gasteiger partial charge in [0.05, 0.1) is 0 Å². The lowest BCUT2D eigenvalue weighted by atomic mass is 10.1. The van der Waals surface area contributed by atoms with Crippen molar-refractivity contribution in [1.82, 2.24) is 5.32 Å². The standard InChI is InChI=1S/C26H19BrN2O2/c27-21-13-6-8-18(16-21)17-24(29-25(30)20-10-2-1-3-11-20)26(31)28-23-15-7-12-19-9-4-5-14-22(19)23/h1-17H,(H,28,31)(H,29,30). The predicted octanol–water partition coefficient (Wildman–Crippen LogP) is 6.01. The van der Waals surface area contributed by atoms with Gasteiger partial charge in [-0.05, 0) is 47.4 Å². The van der Waals surface area contributed by atoms with Crippen molar-refractivity contribution in [2.75, 3.05) is 5.32 Å². The normalized spacial score (nSPS) is 11.2. The van der Waals surface area contributed by atoms with E-state index in [0.717, 1.165) is 20.8 Å². The van der Waals surface area contributed by atoms with Gasteiger partial charge in [0.15, 0.2) is 0 Å². The molecule has 0 aliphatic heterocycles. The molecule has 5 heteroatoms. The minimum absolute atomic E-state index is 0.153. The molecule has 0 aliphatic rings. The summed E-state index contributed by atoms with van der Waals surface area (Å²) in [5.41, 5.74) is 2.09.